The molecule has 3 aromatic rings. The number of hydrogen-bond donors (Lipinski definition) is 0. The van der Waals surface area contributed by atoms with Gasteiger partial charge in [0.05, 0.1) is 28.9 Å². The van der Waals surface area contributed by atoms with E-state index in [1.165, 1.54) is 27.7 Å². The summed E-state index contributed by atoms with van der Waals surface area (Å²) in [7, 11) is 0. The third kappa shape index (κ3) is 4.20. The summed E-state index contributed by atoms with van der Waals surface area (Å²) >= 11 is 12.7. The number of carbonyl (C=O) groups excluding carboxylic acids is 1. The van der Waals surface area contributed by atoms with Gasteiger partial charge in [-0.1, -0.05) is 23.2 Å². The third-order valence-corrected chi connectivity index (χ3v) is 4.95. The predicted molar refractivity (Wildman–Crippen MR) is 108 cm³/mol. The summed E-state index contributed by atoms with van der Waals surface area (Å²) in [6.07, 6.45) is 1.53. The van der Waals surface area contributed by atoms with Crippen molar-refractivity contribution in [2.24, 2.45) is 0 Å². The summed E-state index contributed by atoms with van der Waals surface area (Å²) in [4.78, 5) is 25.2. The van der Waals surface area contributed by atoms with Gasteiger partial charge in [0.15, 0.2) is 0 Å². The Bertz CT molecular complexity index is 1110. The van der Waals surface area contributed by atoms with E-state index < -0.39 is 17.2 Å². The number of rotatable bonds is 5. The molecule has 0 amide bonds. The Balaban J connectivity index is 1.93. The average Bonchev–Trinajstić information content (AvgIpc) is 3.24. The number of carbonyl (C=O) groups is 1. The Labute approximate surface area is 176 Å². The van der Waals surface area contributed by atoms with Gasteiger partial charge in [-0.3, -0.25) is 0 Å². The van der Waals surface area contributed by atoms with Crippen LogP contribution in [-0.2, 0) is 18.6 Å². The van der Waals surface area contributed by atoms with Gasteiger partial charge in [0.1, 0.15) is 0 Å². The summed E-state index contributed by atoms with van der Waals surface area (Å²) in [6.45, 7) is 7.89. The van der Waals surface area contributed by atoms with Crippen molar-refractivity contribution in [2.45, 2.75) is 46.3 Å². The lowest BCUT2D eigenvalue weighted by Crippen LogP contribution is -2.36. The van der Waals surface area contributed by atoms with Gasteiger partial charge >= 0.3 is 11.7 Å². The molecule has 0 aliphatic carbocycles. The molecule has 0 bridgehead atoms. The van der Waals surface area contributed by atoms with Crippen molar-refractivity contribution in [3.8, 4) is 5.88 Å². The van der Waals surface area contributed by atoms with Crippen LogP contribution < -0.4 is 10.4 Å². The predicted octanol–water partition coefficient (Wildman–Crippen LogP) is 2.99. The molecule has 0 aliphatic heterocycles. The number of benzene rings is 1. The molecule has 0 unspecified atom stereocenters. The maximum atomic E-state index is 12.6. The Hall–Kier alpha value is -2.65. The van der Waals surface area contributed by atoms with Gasteiger partial charge in [0, 0.05) is 23.2 Å². The first-order valence-corrected chi connectivity index (χ1v) is 9.63. The molecule has 3 rings (SSSR count). The lowest BCUT2D eigenvalue weighted by molar-refractivity contribution is 0.0718. The number of hydrogen-bond acceptors (Lipinski definition) is 6. The highest BCUT2D eigenvalue weighted by atomic mass is 35.5. The largest absolute Gasteiger partial charge is 0.404 e. The number of halogens is 2. The molecule has 0 spiro atoms. The van der Waals surface area contributed by atoms with E-state index in [9.17, 15) is 9.59 Å². The van der Waals surface area contributed by atoms with Crippen molar-refractivity contribution in [1.82, 2.24) is 29.6 Å². The van der Waals surface area contributed by atoms with E-state index >= 15 is 0 Å². The third-order valence-electron chi connectivity index (χ3n) is 4.16. The van der Waals surface area contributed by atoms with Crippen molar-refractivity contribution in [3.63, 3.8) is 0 Å². The maximum Gasteiger partial charge on any atom is 0.364 e. The minimum atomic E-state index is -0.659. The number of esters is 1. The first kappa shape index (κ1) is 21.1. The molecule has 2 aromatic heterocycles. The van der Waals surface area contributed by atoms with Crippen molar-refractivity contribution in [2.75, 3.05) is 0 Å². The molecule has 0 fully saturated rings. The number of aromatic nitrogens is 6. The van der Waals surface area contributed by atoms with E-state index in [0.717, 1.165) is 4.68 Å². The van der Waals surface area contributed by atoms with Gasteiger partial charge in [0.2, 0.25) is 5.88 Å². The topological polar surface area (TPSA) is 96.8 Å². The number of tetrazole rings is 1. The molecule has 0 atom stereocenters. The van der Waals surface area contributed by atoms with Crippen LogP contribution in [-0.4, -0.2) is 35.5 Å². The average molecular weight is 439 g/mol. The van der Waals surface area contributed by atoms with E-state index in [2.05, 4.69) is 15.5 Å². The highest BCUT2D eigenvalue weighted by Crippen LogP contribution is 2.29. The molecule has 0 saturated carbocycles. The summed E-state index contributed by atoms with van der Waals surface area (Å²) in [5, 5.41) is 12.2. The van der Waals surface area contributed by atoms with Crippen LogP contribution in [0.3, 0.4) is 0 Å². The smallest absolute Gasteiger partial charge is 0.364 e. The summed E-state index contributed by atoms with van der Waals surface area (Å²) in [5.41, 5.74) is -0.456. The van der Waals surface area contributed by atoms with Crippen molar-refractivity contribution < 1.29 is 9.53 Å². The number of ether oxygens (including phenoxy) is 1. The number of nitrogens with zero attached hydrogens (tertiary/aromatic N) is 6. The summed E-state index contributed by atoms with van der Waals surface area (Å²) in [6, 6.07) is 4.57. The van der Waals surface area contributed by atoms with Gasteiger partial charge in [-0.05, 0) is 50.3 Å². The second-order valence-corrected chi connectivity index (χ2v) is 8.05. The van der Waals surface area contributed by atoms with Crippen molar-refractivity contribution in [3.05, 3.63) is 56.1 Å². The highest BCUT2D eigenvalue weighted by Gasteiger charge is 2.23. The normalized spacial score (nSPS) is 11.7. The van der Waals surface area contributed by atoms with E-state index in [0.29, 0.717) is 23.0 Å². The fourth-order valence-corrected chi connectivity index (χ4v) is 3.21. The Morgan fingerprint density at radius 3 is 2.48 bits per heavy atom. The maximum absolute atomic E-state index is 12.6. The Morgan fingerprint density at radius 1 is 1.14 bits per heavy atom. The second-order valence-electron chi connectivity index (χ2n) is 7.26. The van der Waals surface area contributed by atoms with Crippen LogP contribution in [0.1, 0.15) is 43.6 Å². The van der Waals surface area contributed by atoms with Gasteiger partial charge < -0.3 is 4.74 Å². The zero-order valence-corrected chi connectivity index (χ0v) is 17.9. The second kappa shape index (κ2) is 8.00. The molecular formula is C18H20Cl2N6O3. The fraction of sp³-hybridized carbons (Fsp3) is 0.389. The van der Waals surface area contributed by atoms with Gasteiger partial charge in [-0.25, -0.2) is 14.3 Å². The molecule has 11 heteroatoms. The molecule has 1 aromatic carbocycles. The molecule has 9 nitrogen and oxygen atoms in total. The standard InChI is InChI=1S/C18H20Cl2N6O3/c1-5-24-14(8-9-21-24)29-16(27)11-6-7-13(19)12(15(11)20)10-25-17(28)26(23-22-25)18(2,3)4/h6-9H,5,10H2,1-4H3. The first-order valence-electron chi connectivity index (χ1n) is 8.87. The first-order chi connectivity index (χ1) is 13.6. The highest BCUT2D eigenvalue weighted by molar-refractivity contribution is 6.38. The van der Waals surface area contributed by atoms with Gasteiger partial charge in [-0.15, -0.1) is 0 Å². The van der Waals surface area contributed by atoms with Crippen LogP contribution in [0.5, 0.6) is 5.88 Å². The van der Waals surface area contributed by atoms with Crippen LogP contribution in [0.15, 0.2) is 29.2 Å². The van der Waals surface area contributed by atoms with Crippen LogP contribution >= 0.6 is 23.2 Å². The van der Waals surface area contributed by atoms with E-state index in [1.54, 1.807) is 6.07 Å². The van der Waals surface area contributed by atoms with Crippen LogP contribution in [0.4, 0.5) is 0 Å². The Morgan fingerprint density at radius 2 is 1.86 bits per heavy atom. The fourth-order valence-electron chi connectivity index (χ4n) is 2.64. The SMILES string of the molecule is CCn1nccc1OC(=O)c1ccc(Cl)c(Cn2nnn(C(C)(C)C)c2=O)c1Cl. The summed E-state index contributed by atoms with van der Waals surface area (Å²) < 4.78 is 9.33. The van der Waals surface area contributed by atoms with Crippen LogP contribution in [0.25, 0.3) is 0 Å². The molecule has 0 N–H and O–H groups in total. The zero-order valence-electron chi connectivity index (χ0n) is 16.4. The molecule has 2 heterocycles. The van der Waals surface area contributed by atoms with Crippen molar-refractivity contribution in [1.29, 1.82) is 0 Å². The quantitative estimate of drug-likeness (QED) is 0.567. The van der Waals surface area contributed by atoms with Gasteiger partial charge in [0.25, 0.3) is 0 Å². The van der Waals surface area contributed by atoms with Crippen molar-refractivity contribution >= 4 is 29.2 Å². The zero-order chi connectivity index (χ0) is 21.3. The number of aryl methyl sites for hydroxylation is 1. The summed E-state index contributed by atoms with van der Waals surface area (Å²) in [5.74, 6) is -0.358. The monoisotopic (exact) mass is 438 g/mol. The minimum Gasteiger partial charge on any atom is -0.404 e. The van der Waals surface area contributed by atoms with E-state index in [4.69, 9.17) is 27.9 Å². The van der Waals surface area contributed by atoms with Gasteiger partial charge in [-0.2, -0.15) is 14.5 Å². The molecule has 0 aliphatic rings. The molecule has 154 valence electrons. The van der Waals surface area contributed by atoms with E-state index in [-0.39, 0.29) is 17.1 Å². The Kier molecular flexibility index (Phi) is 5.81. The van der Waals surface area contributed by atoms with E-state index in [1.807, 2.05) is 27.7 Å². The lowest BCUT2D eigenvalue weighted by atomic mass is 10.1. The lowest BCUT2D eigenvalue weighted by Gasteiger charge is -2.15. The van der Waals surface area contributed by atoms with Crippen LogP contribution in [0, 0.1) is 0 Å². The minimum absolute atomic E-state index is 0.0411. The van der Waals surface area contributed by atoms with Crippen LogP contribution in [0.2, 0.25) is 10.0 Å². The molecule has 29 heavy (non-hydrogen) atoms. The molecule has 0 saturated heterocycles. The molecular weight excluding hydrogens is 419 g/mol. The molecule has 0 radical (unpaired) electrons.